The SMILES string of the molecule is CCCCNC(=O)/C=C/c1c(C)nn(-c2ccc(F)cc2)c1Cl. The summed E-state index contributed by atoms with van der Waals surface area (Å²) in [5, 5.41) is 7.52. The lowest BCUT2D eigenvalue weighted by Gasteiger charge is -2.02. The monoisotopic (exact) mass is 335 g/mol. The summed E-state index contributed by atoms with van der Waals surface area (Å²) in [6.07, 6.45) is 5.06. The number of unbranched alkanes of at least 4 members (excludes halogenated alkanes) is 1. The van der Waals surface area contributed by atoms with Gasteiger partial charge in [0.15, 0.2) is 0 Å². The number of amides is 1. The normalized spacial score (nSPS) is 11.1. The summed E-state index contributed by atoms with van der Waals surface area (Å²) >= 11 is 6.34. The molecule has 0 unspecified atom stereocenters. The molecule has 0 saturated carbocycles. The van der Waals surface area contributed by atoms with Gasteiger partial charge >= 0.3 is 0 Å². The van der Waals surface area contributed by atoms with E-state index in [1.165, 1.54) is 22.9 Å². The second-order valence-corrected chi connectivity index (χ2v) is 5.51. The fourth-order valence-corrected chi connectivity index (χ4v) is 2.40. The number of halogens is 2. The third kappa shape index (κ3) is 4.42. The molecule has 0 aliphatic carbocycles. The molecular weight excluding hydrogens is 317 g/mol. The van der Waals surface area contributed by atoms with E-state index in [-0.39, 0.29) is 11.7 Å². The lowest BCUT2D eigenvalue weighted by Crippen LogP contribution is -2.21. The summed E-state index contributed by atoms with van der Waals surface area (Å²) in [6, 6.07) is 5.88. The maximum Gasteiger partial charge on any atom is 0.244 e. The van der Waals surface area contributed by atoms with Crippen LogP contribution >= 0.6 is 11.6 Å². The van der Waals surface area contributed by atoms with Crippen molar-refractivity contribution in [1.29, 1.82) is 0 Å². The van der Waals surface area contributed by atoms with Crippen molar-refractivity contribution >= 4 is 23.6 Å². The van der Waals surface area contributed by atoms with Crippen LogP contribution in [-0.4, -0.2) is 22.2 Å². The van der Waals surface area contributed by atoms with Crippen LogP contribution in [0.1, 0.15) is 31.0 Å². The molecule has 122 valence electrons. The molecule has 0 aliphatic heterocycles. The van der Waals surface area contributed by atoms with E-state index in [0.29, 0.717) is 28.6 Å². The highest BCUT2D eigenvalue weighted by atomic mass is 35.5. The Labute approximate surface area is 140 Å². The molecule has 1 heterocycles. The predicted molar refractivity (Wildman–Crippen MR) is 90.2 cm³/mol. The Balaban J connectivity index is 2.17. The van der Waals surface area contributed by atoms with E-state index < -0.39 is 0 Å². The molecule has 1 aromatic heterocycles. The first-order valence-corrected chi connectivity index (χ1v) is 7.87. The van der Waals surface area contributed by atoms with Gasteiger partial charge in [-0.3, -0.25) is 4.79 Å². The molecule has 2 rings (SSSR count). The molecule has 1 aromatic carbocycles. The molecule has 23 heavy (non-hydrogen) atoms. The molecule has 0 aliphatic rings. The van der Waals surface area contributed by atoms with Gasteiger partial charge in [-0.15, -0.1) is 0 Å². The number of rotatable bonds is 6. The van der Waals surface area contributed by atoms with Crippen LogP contribution in [0.5, 0.6) is 0 Å². The van der Waals surface area contributed by atoms with Gasteiger partial charge in [0.05, 0.1) is 11.4 Å². The minimum Gasteiger partial charge on any atom is -0.353 e. The lowest BCUT2D eigenvalue weighted by atomic mass is 10.2. The van der Waals surface area contributed by atoms with Crippen LogP contribution in [0.4, 0.5) is 4.39 Å². The van der Waals surface area contributed by atoms with Crippen LogP contribution in [0.3, 0.4) is 0 Å². The third-order valence-electron chi connectivity index (χ3n) is 3.35. The van der Waals surface area contributed by atoms with E-state index in [1.807, 2.05) is 0 Å². The Morgan fingerprint density at radius 1 is 1.39 bits per heavy atom. The smallest absolute Gasteiger partial charge is 0.244 e. The number of carbonyl (C=O) groups is 1. The Bertz CT molecular complexity index is 707. The van der Waals surface area contributed by atoms with E-state index >= 15 is 0 Å². The maximum absolute atomic E-state index is 13.0. The Kier molecular flexibility index (Phi) is 5.93. The second kappa shape index (κ2) is 7.92. The van der Waals surface area contributed by atoms with Gasteiger partial charge in [0, 0.05) is 18.2 Å². The quantitative estimate of drug-likeness (QED) is 0.642. The summed E-state index contributed by atoms with van der Waals surface area (Å²) in [7, 11) is 0. The molecule has 0 bridgehead atoms. The minimum atomic E-state index is -0.322. The molecule has 4 nitrogen and oxygen atoms in total. The summed E-state index contributed by atoms with van der Waals surface area (Å²) in [5.74, 6) is -0.485. The van der Waals surface area contributed by atoms with E-state index in [1.54, 1.807) is 25.1 Å². The third-order valence-corrected chi connectivity index (χ3v) is 3.71. The molecule has 0 saturated heterocycles. The summed E-state index contributed by atoms with van der Waals surface area (Å²) in [6.45, 7) is 4.52. The van der Waals surface area contributed by atoms with Crippen LogP contribution in [-0.2, 0) is 4.79 Å². The number of nitrogens with one attached hydrogen (secondary N) is 1. The van der Waals surface area contributed by atoms with Crippen molar-refractivity contribution in [3.63, 3.8) is 0 Å². The van der Waals surface area contributed by atoms with Crippen molar-refractivity contribution in [2.45, 2.75) is 26.7 Å². The van der Waals surface area contributed by atoms with E-state index in [4.69, 9.17) is 11.6 Å². The zero-order valence-corrected chi connectivity index (χ0v) is 13.9. The standard InChI is InChI=1S/C17H19ClFN3O/c1-3-4-11-20-16(23)10-9-15-12(2)21-22(17(15)18)14-7-5-13(19)6-8-14/h5-10H,3-4,11H2,1-2H3,(H,20,23)/b10-9+. The molecule has 0 radical (unpaired) electrons. The van der Waals surface area contributed by atoms with E-state index in [2.05, 4.69) is 17.3 Å². The number of hydrogen-bond acceptors (Lipinski definition) is 2. The fraction of sp³-hybridized carbons (Fsp3) is 0.294. The second-order valence-electron chi connectivity index (χ2n) is 5.16. The van der Waals surface area contributed by atoms with Crippen molar-refractivity contribution in [2.24, 2.45) is 0 Å². The van der Waals surface area contributed by atoms with Crippen LogP contribution in [0.25, 0.3) is 11.8 Å². The first-order valence-electron chi connectivity index (χ1n) is 7.50. The highest BCUT2D eigenvalue weighted by molar-refractivity contribution is 6.31. The van der Waals surface area contributed by atoms with E-state index in [0.717, 1.165) is 12.8 Å². The zero-order valence-electron chi connectivity index (χ0n) is 13.1. The summed E-state index contributed by atoms with van der Waals surface area (Å²) in [5.41, 5.74) is 2.02. The maximum atomic E-state index is 13.0. The summed E-state index contributed by atoms with van der Waals surface area (Å²) < 4.78 is 14.5. The minimum absolute atomic E-state index is 0.163. The van der Waals surface area contributed by atoms with Gasteiger partial charge < -0.3 is 5.32 Å². The van der Waals surface area contributed by atoms with Gasteiger partial charge in [-0.1, -0.05) is 24.9 Å². The number of benzene rings is 1. The summed E-state index contributed by atoms with van der Waals surface area (Å²) in [4.78, 5) is 11.7. The first-order chi connectivity index (χ1) is 11.0. The van der Waals surface area contributed by atoms with Crippen molar-refractivity contribution in [1.82, 2.24) is 15.1 Å². The Morgan fingerprint density at radius 3 is 2.74 bits per heavy atom. The number of nitrogens with zero attached hydrogens (tertiary/aromatic N) is 2. The molecule has 6 heteroatoms. The average Bonchev–Trinajstić information content (AvgIpc) is 2.81. The van der Waals surface area contributed by atoms with Crippen LogP contribution < -0.4 is 5.32 Å². The number of carbonyl (C=O) groups excluding carboxylic acids is 1. The van der Waals surface area contributed by atoms with Crippen LogP contribution in [0.2, 0.25) is 5.15 Å². The van der Waals surface area contributed by atoms with Crippen LogP contribution in [0, 0.1) is 12.7 Å². The van der Waals surface area contributed by atoms with Gasteiger partial charge in [0.1, 0.15) is 11.0 Å². The average molecular weight is 336 g/mol. The van der Waals surface area contributed by atoms with Gasteiger partial charge in [-0.2, -0.15) is 5.10 Å². The van der Waals surface area contributed by atoms with E-state index in [9.17, 15) is 9.18 Å². The van der Waals surface area contributed by atoms with Crippen molar-refractivity contribution in [2.75, 3.05) is 6.54 Å². The van der Waals surface area contributed by atoms with Crippen LogP contribution in [0.15, 0.2) is 30.3 Å². The predicted octanol–water partition coefficient (Wildman–Crippen LogP) is 3.90. The molecule has 0 spiro atoms. The molecule has 1 N–H and O–H groups in total. The lowest BCUT2D eigenvalue weighted by molar-refractivity contribution is -0.116. The molecule has 1 amide bonds. The van der Waals surface area contributed by atoms with Crippen molar-refractivity contribution in [3.05, 3.63) is 52.6 Å². The number of aryl methyl sites for hydroxylation is 1. The molecular formula is C17H19ClFN3O. The fourth-order valence-electron chi connectivity index (χ4n) is 2.06. The highest BCUT2D eigenvalue weighted by Crippen LogP contribution is 2.24. The Hall–Kier alpha value is -2.14. The topological polar surface area (TPSA) is 46.9 Å². The number of aromatic nitrogens is 2. The molecule has 0 atom stereocenters. The van der Waals surface area contributed by atoms with Gasteiger partial charge in [0.2, 0.25) is 5.91 Å². The van der Waals surface area contributed by atoms with Gasteiger partial charge in [-0.25, -0.2) is 9.07 Å². The molecule has 2 aromatic rings. The number of hydrogen-bond donors (Lipinski definition) is 1. The van der Waals surface area contributed by atoms with Gasteiger partial charge in [-0.05, 0) is 43.7 Å². The van der Waals surface area contributed by atoms with Crippen molar-refractivity contribution < 1.29 is 9.18 Å². The van der Waals surface area contributed by atoms with Gasteiger partial charge in [0.25, 0.3) is 0 Å². The van der Waals surface area contributed by atoms with Crippen molar-refractivity contribution in [3.8, 4) is 5.69 Å². The largest absolute Gasteiger partial charge is 0.353 e. The highest BCUT2D eigenvalue weighted by Gasteiger charge is 2.12. The first kappa shape index (κ1) is 17.2. The zero-order chi connectivity index (χ0) is 16.8. The Morgan fingerprint density at radius 2 is 2.09 bits per heavy atom. The molecule has 0 fully saturated rings.